The van der Waals surface area contributed by atoms with Crippen LogP contribution in [0.5, 0.6) is 0 Å². The lowest BCUT2D eigenvalue weighted by atomic mass is 10.4. The van der Waals surface area contributed by atoms with Gasteiger partial charge in [0.25, 0.3) is 0 Å². The minimum atomic E-state index is -0.897. The standard InChI is InChI=1S/C12H19N3O2S/c1-3-15(9-4-5-9)7-6-13-12-14-8(2)10(18-12)11(16)17/h9H,3-7H2,1-2H3,(H,13,14)(H,16,17). The highest BCUT2D eigenvalue weighted by Gasteiger charge is 2.27. The number of rotatable bonds is 7. The number of hydrogen-bond acceptors (Lipinski definition) is 5. The average Bonchev–Trinajstić information content (AvgIpc) is 3.08. The Morgan fingerprint density at radius 3 is 2.83 bits per heavy atom. The molecule has 0 spiro atoms. The van der Waals surface area contributed by atoms with Crippen molar-refractivity contribution in [3.05, 3.63) is 10.6 Å². The zero-order valence-corrected chi connectivity index (χ0v) is 11.6. The average molecular weight is 269 g/mol. The number of thiazole rings is 1. The van der Waals surface area contributed by atoms with Crippen LogP contribution in [0.1, 0.15) is 35.1 Å². The second-order valence-electron chi connectivity index (χ2n) is 4.53. The molecule has 1 saturated carbocycles. The van der Waals surface area contributed by atoms with Crippen molar-refractivity contribution in [3.8, 4) is 0 Å². The quantitative estimate of drug-likeness (QED) is 0.793. The first-order valence-corrected chi connectivity index (χ1v) is 7.12. The Morgan fingerprint density at radius 2 is 2.33 bits per heavy atom. The molecule has 1 aliphatic rings. The van der Waals surface area contributed by atoms with Gasteiger partial charge in [-0.3, -0.25) is 4.90 Å². The highest BCUT2D eigenvalue weighted by molar-refractivity contribution is 7.17. The van der Waals surface area contributed by atoms with Gasteiger partial charge in [0.2, 0.25) is 0 Å². The summed E-state index contributed by atoms with van der Waals surface area (Å²) in [6.45, 7) is 6.78. The van der Waals surface area contributed by atoms with E-state index in [4.69, 9.17) is 5.11 Å². The van der Waals surface area contributed by atoms with Crippen LogP contribution in [0.3, 0.4) is 0 Å². The Balaban J connectivity index is 1.82. The molecule has 0 bridgehead atoms. The van der Waals surface area contributed by atoms with Crippen LogP contribution in [0.15, 0.2) is 0 Å². The van der Waals surface area contributed by atoms with Gasteiger partial charge >= 0.3 is 5.97 Å². The molecule has 5 nitrogen and oxygen atoms in total. The maximum Gasteiger partial charge on any atom is 0.347 e. The molecule has 0 unspecified atom stereocenters. The molecule has 2 N–H and O–H groups in total. The molecule has 0 amide bonds. The van der Waals surface area contributed by atoms with Crippen LogP contribution >= 0.6 is 11.3 Å². The van der Waals surface area contributed by atoms with E-state index in [9.17, 15) is 4.79 Å². The molecule has 0 aromatic carbocycles. The van der Waals surface area contributed by atoms with Crippen LogP contribution < -0.4 is 5.32 Å². The van der Waals surface area contributed by atoms with Crippen LogP contribution in [0.25, 0.3) is 0 Å². The second-order valence-corrected chi connectivity index (χ2v) is 5.52. The lowest BCUT2D eigenvalue weighted by Crippen LogP contribution is -2.30. The zero-order valence-electron chi connectivity index (χ0n) is 10.8. The molecule has 1 heterocycles. The summed E-state index contributed by atoms with van der Waals surface area (Å²) >= 11 is 1.21. The second kappa shape index (κ2) is 5.67. The van der Waals surface area contributed by atoms with Gasteiger partial charge < -0.3 is 10.4 Å². The van der Waals surface area contributed by atoms with E-state index in [1.54, 1.807) is 6.92 Å². The largest absolute Gasteiger partial charge is 0.477 e. The molecule has 0 aliphatic heterocycles. The summed E-state index contributed by atoms with van der Waals surface area (Å²) in [6.07, 6.45) is 2.63. The summed E-state index contributed by atoms with van der Waals surface area (Å²) in [6, 6.07) is 0.768. The third kappa shape index (κ3) is 3.20. The molecule has 0 radical (unpaired) electrons. The Morgan fingerprint density at radius 1 is 1.61 bits per heavy atom. The van der Waals surface area contributed by atoms with Crippen LogP contribution in [-0.2, 0) is 0 Å². The molecule has 1 aliphatic carbocycles. The van der Waals surface area contributed by atoms with E-state index in [-0.39, 0.29) is 0 Å². The highest BCUT2D eigenvalue weighted by Crippen LogP contribution is 2.26. The SMILES string of the molecule is CCN(CCNc1nc(C)c(C(=O)O)s1)C1CC1. The van der Waals surface area contributed by atoms with Crippen molar-refractivity contribution in [2.45, 2.75) is 32.7 Å². The monoisotopic (exact) mass is 269 g/mol. The van der Waals surface area contributed by atoms with Gasteiger partial charge in [-0.05, 0) is 26.3 Å². The van der Waals surface area contributed by atoms with E-state index in [1.165, 1.54) is 24.2 Å². The van der Waals surface area contributed by atoms with Crippen LogP contribution in [0.4, 0.5) is 5.13 Å². The minimum absolute atomic E-state index is 0.326. The van der Waals surface area contributed by atoms with E-state index >= 15 is 0 Å². The molecular weight excluding hydrogens is 250 g/mol. The van der Waals surface area contributed by atoms with E-state index in [0.717, 1.165) is 25.7 Å². The van der Waals surface area contributed by atoms with Crippen molar-refractivity contribution in [1.29, 1.82) is 0 Å². The summed E-state index contributed by atoms with van der Waals surface area (Å²) in [5.74, 6) is -0.897. The number of carboxylic acids is 1. The van der Waals surface area contributed by atoms with Crippen molar-refractivity contribution in [1.82, 2.24) is 9.88 Å². The van der Waals surface area contributed by atoms with E-state index in [2.05, 4.69) is 22.1 Å². The maximum atomic E-state index is 10.9. The van der Waals surface area contributed by atoms with Gasteiger partial charge in [-0.2, -0.15) is 0 Å². The lowest BCUT2D eigenvalue weighted by molar-refractivity contribution is 0.0701. The van der Waals surface area contributed by atoms with Crippen molar-refractivity contribution in [3.63, 3.8) is 0 Å². The fraction of sp³-hybridized carbons (Fsp3) is 0.667. The zero-order chi connectivity index (χ0) is 13.1. The summed E-state index contributed by atoms with van der Waals surface area (Å²) in [4.78, 5) is 17.9. The number of aryl methyl sites for hydroxylation is 1. The van der Waals surface area contributed by atoms with Gasteiger partial charge in [0.15, 0.2) is 5.13 Å². The number of carboxylic acid groups (broad SMARTS) is 1. The summed E-state index contributed by atoms with van der Waals surface area (Å²) < 4.78 is 0. The Bertz CT molecular complexity index is 429. The van der Waals surface area contributed by atoms with Crippen molar-refractivity contribution >= 4 is 22.4 Å². The summed E-state index contributed by atoms with van der Waals surface area (Å²) in [7, 11) is 0. The van der Waals surface area contributed by atoms with Crippen LogP contribution in [0.2, 0.25) is 0 Å². The Hall–Kier alpha value is -1.14. The first kappa shape index (κ1) is 13.3. The van der Waals surface area contributed by atoms with Gasteiger partial charge in [-0.15, -0.1) is 0 Å². The highest BCUT2D eigenvalue weighted by atomic mass is 32.1. The van der Waals surface area contributed by atoms with Gasteiger partial charge in [-0.25, -0.2) is 9.78 Å². The Labute approximate surface area is 111 Å². The topological polar surface area (TPSA) is 65.5 Å². The minimum Gasteiger partial charge on any atom is -0.477 e. The molecule has 6 heteroatoms. The molecule has 1 aromatic heterocycles. The molecule has 1 fully saturated rings. The van der Waals surface area contributed by atoms with Crippen LogP contribution in [-0.4, -0.2) is 46.6 Å². The number of aromatic carboxylic acids is 1. The summed E-state index contributed by atoms with van der Waals surface area (Å²) in [5.41, 5.74) is 0.588. The van der Waals surface area contributed by atoms with Crippen molar-refractivity contribution < 1.29 is 9.90 Å². The number of anilines is 1. The van der Waals surface area contributed by atoms with Gasteiger partial charge in [0.05, 0.1) is 5.69 Å². The molecule has 2 rings (SSSR count). The normalized spacial score (nSPS) is 15.1. The Kier molecular flexibility index (Phi) is 4.19. The predicted octanol–water partition coefficient (Wildman–Crippen LogP) is 2.05. The maximum absolute atomic E-state index is 10.9. The van der Waals surface area contributed by atoms with E-state index in [1.807, 2.05) is 0 Å². The smallest absolute Gasteiger partial charge is 0.347 e. The lowest BCUT2D eigenvalue weighted by Gasteiger charge is -2.19. The number of likely N-dealkylation sites (N-methyl/N-ethyl adjacent to an activating group) is 1. The number of carbonyl (C=O) groups is 1. The molecular formula is C12H19N3O2S. The number of nitrogens with zero attached hydrogens (tertiary/aromatic N) is 2. The van der Waals surface area contributed by atoms with Crippen LogP contribution in [0, 0.1) is 6.92 Å². The van der Waals surface area contributed by atoms with E-state index in [0.29, 0.717) is 15.7 Å². The molecule has 100 valence electrons. The third-order valence-electron chi connectivity index (χ3n) is 3.14. The number of aromatic nitrogens is 1. The number of nitrogens with one attached hydrogen (secondary N) is 1. The third-order valence-corrected chi connectivity index (χ3v) is 4.24. The molecule has 18 heavy (non-hydrogen) atoms. The van der Waals surface area contributed by atoms with Gasteiger partial charge in [0, 0.05) is 19.1 Å². The first-order chi connectivity index (χ1) is 8.61. The fourth-order valence-corrected chi connectivity index (χ4v) is 2.85. The van der Waals surface area contributed by atoms with Gasteiger partial charge in [0.1, 0.15) is 4.88 Å². The van der Waals surface area contributed by atoms with E-state index < -0.39 is 5.97 Å². The fourth-order valence-electron chi connectivity index (χ4n) is 2.02. The van der Waals surface area contributed by atoms with Crippen molar-refractivity contribution in [2.24, 2.45) is 0 Å². The number of hydrogen-bond donors (Lipinski definition) is 2. The van der Waals surface area contributed by atoms with Crippen molar-refractivity contribution in [2.75, 3.05) is 25.0 Å². The molecule has 0 saturated heterocycles. The summed E-state index contributed by atoms with van der Waals surface area (Å²) in [5, 5.41) is 12.9. The van der Waals surface area contributed by atoms with Gasteiger partial charge in [-0.1, -0.05) is 18.3 Å². The first-order valence-electron chi connectivity index (χ1n) is 6.30. The molecule has 1 aromatic rings. The molecule has 0 atom stereocenters. The predicted molar refractivity (Wildman–Crippen MR) is 72.6 cm³/mol.